The molecule has 0 spiro atoms. The van der Waals surface area contributed by atoms with Crippen LogP contribution in [0.3, 0.4) is 0 Å². The van der Waals surface area contributed by atoms with Crippen molar-refractivity contribution in [3.05, 3.63) is 12.2 Å². The molecule has 0 aromatic rings. The van der Waals surface area contributed by atoms with Crippen LogP contribution in [0.15, 0.2) is 12.2 Å². The Labute approximate surface area is 476 Å². The Hall–Kier alpha value is 1.58. The molecule has 0 saturated carbocycles. The zero-order valence-electron chi connectivity index (χ0n) is 40.7. The summed E-state index contributed by atoms with van der Waals surface area (Å²) in [5, 5.41) is 25.5. The van der Waals surface area contributed by atoms with Gasteiger partial charge in [-0.05, 0) is 44.9 Å². The van der Waals surface area contributed by atoms with Gasteiger partial charge in [0.15, 0.2) is 17.4 Å². The van der Waals surface area contributed by atoms with E-state index in [1.807, 2.05) is 0 Å². The molecule has 0 saturated heterocycles. The summed E-state index contributed by atoms with van der Waals surface area (Å²) >= 11 is 0. The molecule has 9 heteroatoms. The maximum atomic E-state index is 10.3. The third kappa shape index (κ3) is 87.2. The summed E-state index contributed by atoms with van der Waals surface area (Å²) in [5.74, 6) is -1.97. The number of hydrogen-bond donors (Lipinski definition) is 3. The van der Waals surface area contributed by atoms with E-state index in [1.165, 1.54) is 238 Å². The first-order valence-electron chi connectivity index (χ1n) is 26.6. The van der Waals surface area contributed by atoms with Gasteiger partial charge in [0.2, 0.25) is 0 Å². The molecule has 0 amide bonds. The summed E-state index contributed by atoms with van der Waals surface area (Å²) in [5.41, 5.74) is 0. The molecule has 0 aliphatic carbocycles. The van der Waals surface area contributed by atoms with E-state index in [0.717, 1.165) is 38.5 Å². The molecular weight excluding hydrogens is 851 g/mol. The number of hydrogen-bond acceptors (Lipinski definition) is 3. The van der Waals surface area contributed by atoms with E-state index < -0.39 is 17.9 Å². The molecule has 0 bridgehead atoms. The van der Waals surface area contributed by atoms with Crippen LogP contribution in [-0.2, 0) is 14.4 Å². The molecule has 0 aliphatic rings. The minimum atomic E-state index is -0.664. The summed E-state index contributed by atoms with van der Waals surface area (Å²) in [6, 6.07) is 0. The van der Waals surface area contributed by atoms with E-state index in [0.29, 0.717) is 19.3 Å². The van der Waals surface area contributed by atoms with Gasteiger partial charge >= 0.3 is 107 Å². The Kier molecular flexibility index (Phi) is 87.6. The van der Waals surface area contributed by atoms with Crippen LogP contribution in [0.2, 0.25) is 0 Å². The van der Waals surface area contributed by atoms with E-state index in [1.54, 1.807) is 0 Å². The average Bonchev–Trinajstić information content (AvgIpc) is 3.22. The van der Waals surface area contributed by atoms with Gasteiger partial charge in [-0.1, -0.05) is 264 Å². The fourth-order valence-corrected chi connectivity index (χ4v) is 7.64. The van der Waals surface area contributed by atoms with Crippen molar-refractivity contribution < 1.29 is 29.7 Å². The number of aliphatic carboxylic acids is 3. The van der Waals surface area contributed by atoms with Gasteiger partial charge in [-0.15, -0.1) is 0 Å². The van der Waals surface area contributed by atoms with Crippen LogP contribution >= 0.6 is 0 Å². The van der Waals surface area contributed by atoms with Gasteiger partial charge in [0.05, 0.1) is 0 Å². The van der Waals surface area contributed by atoms with Crippen molar-refractivity contribution in [2.45, 2.75) is 316 Å². The minimum absolute atomic E-state index is 0. The van der Waals surface area contributed by atoms with Crippen molar-refractivity contribution in [1.82, 2.24) is 0 Å². The van der Waals surface area contributed by atoms with Crippen LogP contribution in [-0.4, -0.2) is 140 Å². The molecule has 370 valence electrons. The van der Waals surface area contributed by atoms with Crippen molar-refractivity contribution in [3.8, 4) is 0 Å². The first kappa shape index (κ1) is 76.1. The Morgan fingerprint density at radius 3 is 0.587 bits per heavy atom. The Bertz CT molecular complexity index is 833. The zero-order valence-corrected chi connectivity index (χ0v) is 40.7. The predicted octanol–water partition coefficient (Wildman–Crippen LogP) is 16.0. The molecule has 3 N–H and O–H groups in total. The molecule has 63 heavy (non-hydrogen) atoms. The summed E-state index contributed by atoms with van der Waals surface area (Å²) in [6.07, 6.45) is 61.6. The SMILES string of the molecule is CCCCCCCC/C=C\CCCCCCCC(=O)O.CCCCCCCCCCCCCCCCCC(=O)O.CCCCCCCCCCCCCCCCCC(=O)O.[AlH3].[CaH2].[KH]. The molecule has 6 nitrogen and oxygen atoms in total. The van der Waals surface area contributed by atoms with Crippen LogP contribution < -0.4 is 0 Å². The summed E-state index contributed by atoms with van der Waals surface area (Å²) in [7, 11) is 0. The summed E-state index contributed by atoms with van der Waals surface area (Å²) < 4.78 is 0. The zero-order chi connectivity index (χ0) is 44.7. The first-order chi connectivity index (χ1) is 29.3. The fourth-order valence-electron chi connectivity index (χ4n) is 7.64. The van der Waals surface area contributed by atoms with Crippen molar-refractivity contribution in [2.75, 3.05) is 0 Å². The molecule has 0 atom stereocenters. The molecular formula is C54H112AlCaKO6. The van der Waals surface area contributed by atoms with E-state index in [4.69, 9.17) is 15.3 Å². The van der Waals surface area contributed by atoms with Crippen LogP contribution in [0.4, 0.5) is 0 Å². The predicted molar refractivity (Wildman–Crippen MR) is 287 cm³/mol. The number of rotatable bonds is 47. The summed E-state index contributed by atoms with van der Waals surface area (Å²) in [4.78, 5) is 31.0. The van der Waals surface area contributed by atoms with Crippen LogP contribution in [0.25, 0.3) is 0 Å². The third-order valence-electron chi connectivity index (χ3n) is 11.6. The molecule has 0 rings (SSSR count). The molecule has 0 aromatic heterocycles. The Morgan fingerprint density at radius 2 is 0.429 bits per heavy atom. The van der Waals surface area contributed by atoms with Crippen LogP contribution in [0.5, 0.6) is 0 Å². The van der Waals surface area contributed by atoms with Crippen LogP contribution in [0, 0.1) is 0 Å². The number of carboxylic acid groups (broad SMARTS) is 3. The van der Waals surface area contributed by atoms with Gasteiger partial charge in [0, 0.05) is 19.3 Å². The van der Waals surface area contributed by atoms with Crippen molar-refractivity contribution in [1.29, 1.82) is 0 Å². The van der Waals surface area contributed by atoms with Crippen molar-refractivity contribution >= 4 is 124 Å². The number of unbranched alkanes of at least 4 members (excludes halogenated alkanes) is 39. The second-order valence-electron chi connectivity index (χ2n) is 17.9. The Balaban J connectivity index is -0.000000189. The third-order valence-corrected chi connectivity index (χ3v) is 11.6. The van der Waals surface area contributed by atoms with E-state index in [9.17, 15) is 14.4 Å². The Morgan fingerprint density at radius 1 is 0.286 bits per heavy atom. The van der Waals surface area contributed by atoms with E-state index in [-0.39, 0.29) is 106 Å². The average molecular weight is 964 g/mol. The first-order valence-corrected chi connectivity index (χ1v) is 26.6. The molecule has 0 fully saturated rings. The van der Waals surface area contributed by atoms with Gasteiger partial charge < -0.3 is 15.3 Å². The van der Waals surface area contributed by atoms with E-state index in [2.05, 4.69) is 32.9 Å². The maximum absolute atomic E-state index is 10.3. The quantitative estimate of drug-likeness (QED) is 0.0318. The van der Waals surface area contributed by atoms with Crippen molar-refractivity contribution in [2.24, 2.45) is 0 Å². The standard InChI is InChI=1S/2C18H36O2.C18H34O2.Al.Ca.K.6H/c3*1-2-3-4-5-6-7-8-9-10-11-12-13-14-15-16-17-18(19)20;;;;;;;;;/h2*2-17H2,1H3,(H,19,20);9-10H,2-8,11-17H2,1H3,(H,19,20);;;;;;;;;/b;;10-9-;;;;;;;;;. The normalized spacial score (nSPS) is 10.5. The van der Waals surface area contributed by atoms with Gasteiger partial charge in [-0.25, -0.2) is 0 Å². The number of carboxylic acids is 3. The van der Waals surface area contributed by atoms with E-state index >= 15 is 0 Å². The molecule has 0 aromatic carbocycles. The van der Waals surface area contributed by atoms with Gasteiger partial charge in [-0.3, -0.25) is 14.4 Å². The monoisotopic (exact) mass is 963 g/mol. The topological polar surface area (TPSA) is 112 Å². The molecule has 0 radical (unpaired) electrons. The van der Waals surface area contributed by atoms with Gasteiger partial charge in [-0.2, -0.15) is 0 Å². The second-order valence-corrected chi connectivity index (χ2v) is 17.9. The number of carbonyl (C=O) groups is 3. The molecule has 0 unspecified atom stereocenters. The van der Waals surface area contributed by atoms with Gasteiger partial charge in [0.1, 0.15) is 0 Å². The summed E-state index contributed by atoms with van der Waals surface area (Å²) in [6.45, 7) is 6.80. The van der Waals surface area contributed by atoms with Crippen molar-refractivity contribution in [3.63, 3.8) is 0 Å². The molecule has 0 aliphatic heterocycles. The number of allylic oxidation sites excluding steroid dienone is 2. The second kappa shape index (κ2) is 72.6. The molecule has 0 heterocycles. The van der Waals surface area contributed by atoms with Crippen LogP contribution in [0.1, 0.15) is 316 Å². The fraction of sp³-hybridized carbons (Fsp3) is 0.907. The van der Waals surface area contributed by atoms with Gasteiger partial charge in [0.25, 0.3) is 0 Å².